The molecule has 2 aliphatic heterocycles. The van der Waals surface area contributed by atoms with Crippen LogP contribution in [0.3, 0.4) is 0 Å². The molecule has 3 aliphatic rings. The van der Waals surface area contributed by atoms with Crippen molar-refractivity contribution in [1.29, 1.82) is 0 Å². The largest absolute Gasteiger partial charge is 0.504 e. The number of aliphatic hydroxyl groups excluding tert-OH is 1. The summed E-state index contributed by atoms with van der Waals surface area (Å²) in [6.45, 7) is 3.23. The van der Waals surface area contributed by atoms with Gasteiger partial charge in [0.05, 0.1) is 12.3 Å². The Balaban J connectivity index is 1.21. The zero-order valence-electron chi connectivity index (χ0n) is 25.4. The second-order valence-corrected chi connectivity index (χ2v) is 12.4. The molecule has 0 radical (unpaired) electrons. The van der Waals surface area contributed by atoms with E-state index in [1.165, 1.54) is 29.6 Å². The van der Waals surface area contributed by atoms with Crippen molar-refractivity contribution in [3.8, 4) is 11.5 Å². The number of aliphatic imine (C=N–C) groups is 1. The minimum atomic E-state index is -0.562. The van der Waals surface area contributed by atoms with Crippen LogP contribution in [0.4, 0.5) is 0 Å². The third-order valence-corrected chi connectivity index (χ3v) is 9.24. The quantitative estimate of drug-likeness (QED) is 0.157. The molecular formula is C35H47N4O4+. The molecule has 2 aromatic carbocycles. The van der Waals surface area contributed by atoms with Crippen molar-refractivity contribution in [2.75, 3.05) is 13.3 Å². The lowest BCUT2D eigenvalue weighted by Crippen LogP contribution is -3.07. The highest BCUT2D eigenvalue weighted by atomic mass is 16.5. The zero-order chi connectivity index (χ0) is 30.4. The number of benzene rings is 2. The number of allylic oxidation sites excluding steroid dienone is 1. The second kappa shape index (κ2) is 14.0. The molecule has 2 atom stereocenters. The number of quaternary nitrogens is 1. The number of nitrogens with one attached hydrogen (secondary N) is 1. The summed E-state index contributed by atoms with van der Waals surface area (Å²) in [5.41, 5.74) is 18.6. The first-order valence-corrected chi connectivity index (χ1v) is 15.9. The number of rotatable bonds is 15. The molecule has 0 spiro atoms. The van der Waals surface area contributed by atoms with Crippen LogP contribution in [0.25, 0.3) is 0 Å². The van der Waals surface area contributed by atoms with Crippen LogP contribution in [-0.4, -0.2) is 41.6 Å². The number of aryl methyl sites for hydroxylation is 1. The van der Waals surface area contributed by atoms with E-state index >= 15 is 0 Å². The number of fused-ring (bicyclic) bond motifs is 1. The Kier molecular flexibility index (Phi) is 10.1. The van der Waals surface area contributed by atoms with Gasteiger partial charge in [0.25, 0.3) is 0 Å². The van der Waals surface area contributed by atoms with Crippen molar-refractivity contribution in [3.05, 3.63) is 82.2 Å². The Morgan fingerprint density at radius 1 is 1.14 bits per heavy atom. The van der Waals surface area contributed by atoms with E-state index in [0.29, 0.717) is 31.7 Å². The number of phenolic OH excluding ortho intramolecular Hbond substituents is 1. The number of unbranched alkanes of at least 4 members (excludes halogenated alkanes) is 2. The van der Waals surface area contributed by atoms with E-state index < -0.39 is 12.3 Å². The molecule has 0 bridgehead atoms. The average Bonchev–Trinajstić information content (AvgIpc) is 3.73. The molecule has 0 amide bonds. The van der Waals surface area contributed by atoms with Crippen LogP contribution in [-0.2, 0) is 16.6 Å². The van der Waals surface area contributed by atoms with Crippen LogP contribution in [0.15, 0.2) is 70.5 Å². The summed E-state index contributed by atoms with van der Waals surface area (Å²) in [7, 11) is 0. The molecule has 1 fully saturated rings. The number of ether oxygens (including phenoxy) is 1. The molecule has 7 N–H and O–H groups in total. The molecule has 8 heteroatoms. The number of carbonyl (C=O) groups excluding carboxylic acids is 1. The van der Waals surface area contributed by atoms with Gasteiger partial charge in [0.2, 0.25) is 6.73 Å². The minimum absolute atomic E-state index is 0.0569. The van der Waals surface area contributed by atoms with E-state index in [1.54, 1.807) is 6.07 Å². The molecule has 2 heterocycles. The number of aliphatic hydroxyl groups is 1. The summed E-state index contributed by atoms with van der Waals surface area (Å²) in [4.78, 5) is 18.3. The molecule has 0 aromatic heterocycles. The standard InChI is InChI=1S/C35H46N4O4/c1-2-3-4-10-27(40)19-28(41)13-11-24-12-14-32(42)33(17-24)43-23-39-21-29-30(20-38-31(29)22-39)35(15-5-6-16-35)26-9-7-8-25(18-26)34(36)37/h7-9,12,14,17-18,20,22,27,34,40,42H,2-6,10-11,13,15-16,19,21,23,36-37H2,1H3/p+1. The normalized spacial score (nSPS) is 19.7. The van der Waals surface area contributed by atoms with Crippen molar-refractivity contribution in [1.82, 2.24) is 0 Å². The van der Waals surface area contributed by atoms with Crippen LogP contribution in [0.1, 0.15) is 94.0 Å². The Labute approximate surface area is 255 Å². The van der Waals surface area contributed by atoms with Gasteiger partial charge in [0, 0.05) is 30.0 Å². The first-order valence-electron chi connectivity index (χ1n) is 15.9. The number of aromatic hydroxyl groups is 1. The molecule has 8 nitrogen and oxygen atoms in total. The van der Waals surface area contributed by atoms with Gasteiger partial charge < -0.3 is 26.4 Å². The predicted octanol–water partition coefficient (Wildman–Crippen LogP) is 4.11. The van der Waals surface area contributed by atoms with Gasteiger partial charge in [-0.05, 0) is 60.1 Å². The maximum atomic E-state index is 12.4. The second-order valence-electron chi connectivity index (χ2n) is 12.4. The van der Waals surface area contributed by atoms with E-state index in [2.05, 4.69) is 37.5 Å². The number of nitrogens with two attached hydrogens (primary N) is 2. The predicted molar refractivity (Wildman–Crippen MR) is 169 cm³/mol. The molecule has 43 heavy (non-hydrogen) atoms. The fourth-order valence-electron chi connectivity index (χ4n) is 6.83. The summed E-state index contributed by atoms with van der Waals surface area (Å²) in [5, 5.41) is 20.6. The smallest absolute Gasteiger partial charge is 0.227 e. The van der Waals surface area contributed by atoms with E-state index in [4.69, 9.17) is 21.2 Å². The molecule has 230 valence electrons. The summed E-state index contributed by atoms with van der Waals surface area (Å²) >= 11 is 0. The van der Waals surface area contributed by atoms with Gasteiger partial charge in [-0.1, -0.05) is 69.4 Å². The third kappa shape index (κ3) is 7.27. The zero-order valence-corrected chi connectivity index (χ0v) is 25.4. The molecule has 2 unspecified atom stereocenters. The Bertz CT molecular complexity index is 1390. The van der Waals surface area contributed by atoms with Gasteiger partial charge in [0.15, 0.2) is 11.5 Å². The topological polar surface area (TPSA) is 136 Å². The lowest BCUT2D eigenvalue weighted by atomic mass is 9.71. The lowest BCUT2D eigenvalue weighted by Gasteiger charge is -2.32. The number of hydrogen-bond acceptors (Lipinski definition) is 7. The van der Waals surface area contributed by atoms with Gasteiger partial charge in [-0.15, -0.1) is 0 Å². The van der Waals surface area contributed by atoms with Crippen LogP contribution in [0, 0.1) is 0 Å². The highest BCUT2D eigenvalue weighted by Crippen LogP contribution is 2.49. The number of carbonyl (C=O) groups is 1. The maximum Gasteiger partial charge on any atom is 0.227 e. The monoisotopic (exact) mass is 587 g/mol. The third-order valence-electron chi connectivity index (χ3n) is 9.24. The van der Waals surface area contributed by atoms with Gasteiger partial charge in [-0.25, -0.2) is 0 Å². The van der Waals surface area contributed by atoms with Crippen molar-refractivity contribution >= 4 is 12.0 Å². The van der Waals surface area contributed by atoms with E-state index in [-0.39, 0.29) is 23.4 Å². The maximum absolute atomic E-state index is 12.4. The Morgan fingerprint density at radius 3 is 2.72 bits per heavy atom. The Morgan fingerprint density at radius 2 is 1.95 bits per heavy atom. The summed E-state index contributed by atoms with van der Waals surface area (Å²) in [6, 6.07) is 13.7. The van der Waals surface area contributed by atoms with Crippen LogP contribution >= 0.6 is 0 Å². The highest BCUT2D eigenvalue weighted by Gasteiger charge is 2.44. The molecule has 5 rings (SSSR count). The molecule has 0 saturated heterocycles. The van der Waals surface area contributed by atoms with Crippen molar-refractivity contribution < 1.29 is 24.6 Å². The average molecular weight is 588 g/mol. The molecule has 2 aromatic rings. The summed E-state index contributed by atoms with van der Waals surface area (Å²) < 4.78 is 6.11. The first kappa shape index (κ1) is 31.1. The van der Waals surface area contributed by atoms with Crippen molar-refractivity contribution in [2.45, 2.75) is 95.2 Å². The van der Waals surface area contributed by atoms with Gasteiger partial charge >= 0.3 is 0 Å². The minimum Gasteiger partial charge on any atom is -0.504 e. The molecule has 1 saturated carbocycles. The van der Waals surface area contributed by atoms with E-state index in [0.717, 1.165) is 60.4 Å². The first-order chi connectivity index (χ1) is 20.8. The number of hydrogen-bond donors (Lipinski definition) is 5. The van der Waals surface area contributed by atoms with E-state index in [1.807, 2.05) is 18.2 Å². The molecular weight excluding hydrogens is 540 g/mol. The fourth-order valence-corrected chi connectivity index (χ4v) is 6.83. The fraction of sp³-hybridized carbons (Fsp3) is 0.486. The Hall–Kier alpha value is -3.30. The van der Waals surface area contributed by atoms with Crippen LogP contribution < -0.4 is 21.1 Å². The lowest BCUT2D eigenvalue weighted by molar-refractivity contribution is -0.855. The number of nitrogens with zero attached hydrogens (tertiary/aromatic N) is 1. The SMILES string of the molecule is CCCCCC(O)CC(=O)CCc1ccc(O)c(OC[NH+]2C=C3N=CC(C4(c5cccc(C(N)N)c5)CCCC4)=C3C2)c1. The van der Waals surface area contributed by atoms with Gasteiger partial charge in [-0.2, -0.15) is 0 Å². The van der Waals surface area contributed by atoms with Crippen LogP contribution in [0.5, 0.6) is 11.5 Å². The summed E-state index contributed by atoms with van der Waals surface area (Å²) in [5.74, 6) is 0.544. The number of ketones is 1. The van der Waals surface area contributed by atoms with E-state index in [9.17, 15) is 15.0 Å². The van der Waals surface area contributed by atoms with Crippen molar-refractivity contribution in [3.63, 3.8) is 0 Å². The number of phenols is 1. The van der Waals surface area contributed by atoms with Gasteiger partial charge in [0.1, 0.15) is 24.2 Å². The van der Waals surface area contributed by atoms with Crippen molar-refractivity contribution in [2.24, 2.45) is 16.5 Å². The highest BCUT2D eigenvalue weighted by molar-refractivity contribution is 5.90. The van der Waals surface area contributed by atoms with Gasteiger partial charge in [-0.3, -0.25) is 14.7 Å². The van der Waals surface area contributed by atoms with Crippen LogP contribution in [0.2, 0.25) is 0 Å². The number of Topliss-reactive ketones (excluding diaryl/α,β-unsaturated/α-hetero) is 1. The summed E-state index contributed by atoms with van der Waals surface area (Å²) in [6.07, 6.45) is 12.5. The molecule has 1 aliphatic carbocycles.